The van der Waals surface area contributed by atoms with Gasteiger partial charge in [-0.15, -0.1) is 11.8 Å². The predicted octanol–water partition coefficient (Wildman–Crippen LogP) is -0.149. The summed E-state index contributed by atoms with van der Waals surface area (Å²) in [6, 6.07) is 1.79. The zero-order valence-corrected chi connectivity index (χ0v) is 11.6. The lowest BCUT2D eigenvalue weighted by molar-refractivity contribution is -0.128. The van der Waals surface area contributed by atoms with Gasteiger partial charge in [0.1, 0.15) is 0 Å². The molecular weight excluding hydrogens is 264 g/mol. The van der Waals surface area contributed by atoms with Gasteiger partial charge in [0.05, 0.1) is 12.4 Å². The number of nitrogens with zero attached hydrogens (tertiary/aromatic N) is 4. The van der Waals surface area contributed by atoms with E-state index in [0.29, 0.717) is 24.6 Å². The van der Waals surface area contributed by atoms with Gasteiger partial charge in [0.25, 0.3) is 0 Å². The minimum Gasteiger partial charge on any atom is -0.396 e. The molecule has 0 saturated carbocycles. The summed E-state index contributed by atoms with van der Waals surface area (Å²) in [4.78, 5) is 24.3. The molecule has 1 amide bonds. The van der Waals surface area contributed by atoms with Crippen molar-refractivity contribution >= 4 is 23.6 Å². The number of carbonyl (C=O) groups is 1. The summed E-state index contributed by atoms with van der Waals surface area (Å²) in [6.07, 6.45) is 3.46. The topological polar surface area (TPSA) is 69.6 Å². The predicted molar refractivity (Wildman–Crippen MR) is 75.2 cm³/mol. The zero-order valence-electron chi connectivity index (χ0n) is 10.7. The van der Waals surface area contributed by atoms with Crippen LogP contribution in [0.5, 0.6) is 0 Å². The third-order valence-corrected chi connectivity index (χ3v) is 3.85. The van der Waals surface area contributed by atoms with E-state index in [1.54, 1.807) is 18.5 Å². The van der Waals surface area contributed by atoms with Crippen molar-refractivity contribution in [3.63, 3.8) is 0 Å². The lowest BCUT2D eigenvalue weighted by Gasteiger charge is -2.34. The van der Waals surface area contributed by atoms with Crippen molar-refractivity contribution in [2.24, 2.45) is 0 Å². The highest BCUT2D eigenvalue weighted by Crippen LogP contribution is 2.11. The SMILES string of the molecule is O=C(CSCCO)N1CCN(c2ncccn2)CC1. The molecule has 19 heavy (non-hydrogen) atoms. The van der Waals surface area contributed by atoms with Crippen molar-refractivity contribution in [1.82, 2.24) is 14.9 Å². The fraction of sp³-hybridized carbons (Fsp3) is 0.583. The van der Waals surface area contributed by atoms with Gasteiger partial charge in [0.2, 0.25) is 11.9 Å². The molecule has 0 radical (unpaired) electrons. The molecule has 7 heteroatoms. The fourth-order valence-corrected chi connectivity index (χ4v) is 2.56. The molecule has 2 rings (SSSR count). The minimum absolute atomic E-state index is 0.122. The minimum atomic E-state index is 0.122. The first kappa shape index (κ1) is 14.1. The number of rotatable bonds is 5. The number of aliphatic hydroxyl groups excluding tert-OH is 1. The molecular formula is C12H18N4O2S. The van der Waals surface area contributed by atoms with Crippen LogP contribution in [-0.2, 0) is 4.79 Å². The first-order valence-electron chi connectivity index (χ1n) is 6.29. The van der Waals surface area contributed by atoms with E-state index in [1.807, 2.05) is 4.90 Å². The van der Waals surface area contributed by atoms with Gasteiger partial charge >= 0.3 is 0 Å². The average Bonchev–Trinajstić information content (AvgIpc) is 2.48. The van der Waals surface area contributed by atoms with Crippen LogP contribution in [-0.4, -0.2) is 70.2 Å². The van der Waals surface area contributed by atoms with Crippen molar-refractivity contribution < 1.29 is 9.90 Å². The van der Waals surface area contributed by atoms with Crippen molar-refractivity contribution in [1.29, 1.82) is 0 Å². The molecule has 2 heterocycles. The number of piperazine rings is 1. The number of thioether (sulfide) groups is 1. The van der Waals surface area contributed by atoms with Gasteiger partial charge in [-0.2, -0.15) is 0 Å². The van der Waals surface area contributed by atoms with E-state index < -0.39 is 0 Å². The molecule has 0 aliphatic carbocycles. The van der Waals surface area contributed by atoms with Crippen molar-refractivity contribution in [2.45, 2.75) is 0 Å². The maximum absolute atomic E-state index is 11.9. The molecule has 0 spiro atoms. The molecule has 1 aromatic rings. The highest BCUT2D eigenvalue weighted by Gasteiger charge is 2.21. The number of aromatic nitrogens is 2. The Morgan fingerprint density at radius 1 is 1.26 bits per heavy atom. The number of hydrogen-bond acceptors (Lipinski definition) is 6. The van der Waals surface area contributed by atoms with Crippen LogP contribution >= 0.6 is 11.8 Å². The van der Waals surface area contributed by atoms with Gasteiger partial charge in [-0.3, -0.25) is 4.79 Å². The normalized spacial score (nSPS) is 15.6. The first-order chi connectivity index (χ1) is 9.31. The van der Waals surface area contributed by atoms with Crippen LogP contribution in [0.15, 0.2) is 18.5 Å². The maximum Gasteiger partial charge on any atom is 0.232 e. The number of anilines is 1. The molecule has 104 valence electrons. The Morgan fingerprint density at radius 3 is 2.58 bits per heavy atom. The Hall–Kier alpha value is -1.34. The van der Waals surface area contributed by atoms with E-state index in [4.69, 9.17) is 5.11 Å². The monoisotopic (exact) mass is 282 g/mol. The van der Waals surface area contributed by atoms with Crippen LogP contribution in [0.1, 0.15) is 0 Å². The van der Waals surface area contributed by atoms with E-state index in [1.165, 1.54) is 11.8 Å². The standard InChI is InChI=1S/C12H18N4O2S/c17-8-9-19-10-11(18)15-4-6-16(7-5-15)12-13-2-1-3-14-12/h1-3,17H,4-10H2. The van der Waals surface area contributed by atoms with Crippen molar-refractivity contribution in [3.05, 3.63) is 18.5 Å². The molecule has 0 atom stereocenters. The summed E-state index contributed by atoms with van der Waals surface area (Å²) in [6.45, 7) is 3.06. The Kier molecular flexibility index (Phi) is 5.41. The summed E-state index contributed by atoms with van der Waals surface area (Å²) < 4.78 is 0. The molecule has 1 aliphatic rings. The second kappa shape index (κ2) is 7.30. The summed E-state index contributed by atoms with van der Waals surface area (Å²) in [7, 11) is 0. The van der Waals surface area contributed by atoms with Crippen LogP contribution in [0.2, 0.25) is 0 Å². The number of hydrogen-bond donors (Lipinski definition) is 1. The Labute approximate surface area is 116 Å². The summed E-state index contributed by atoms with van der Waals surface area (Å²) in [5.41, 5.74) is 0. The van der Waals surface area contributed by atoms with Crippen LogP contribution < -0.4 is 4.90 Å². The first-order valence-corrected chi connectivity index (χ1v) is 7.45. The second-order valence-corrected chi connectivity index (χ2v) is 5.30. The van der Waals surface area contributed by atoms with Gasteiger partial charge in [-0.25, -0.2) is 9.97 Å². The molecule has 6 nitrogen and oxygen atoms in total. The maximum atomic E-state index is 11.9. The van der Waals surface area contributed by atoms with E-state index >= 15 is 0 Å². The Bertz CT molecular complexity index is 396. The van der Waals surface area contributed by atoms with E-state index in [9.17, 15) is 4.79 Å². The van der Waals surface area contributed by atoms with Gasteiger partial charge in [0.15, 0.2) is 0 Å². The fourth-order valence-electron chi connectivity index (χ4n) is 1.93. The van der Waals surface area contributed by atoms with Crippen LogP contribution in [0.4, 0.5) is 5.95 Å². The highest BCUT2D eigenvalue weighted by atomic mass is 32.2. The average molecular weight is 282 g/mol. The molecule has 0 bridgehead atoms. The Balaban J connectivity index is 1.77. The van der Waals surface area contributed by atoms with Crippen molar-refractivity contribution in [3.8, 4) is 0 Å². The van der Waals surface area contributed by atoms with E-state index in [2.05, 4.69) is 14.9 Å². The Morgan fingerprint density at radius 2 is 1.95 bits per heavy atom. The molecule has 0 aromatic carbocycles. The van der Waals surface area contributed by atoms with E-state index in [-0.39, 0.29) is 12.5 Å². The van der Waals surface area contributed by atoms with Gasteiger partial charge in [0, 0.05) is 44.3 Å². The van der Waals surface area contributed by atoms with Crippen LogP contribution in [0.3, 0.4) is 0 Å². The smallest absolute Gasteiger partial charge is 0.232 e. The van der Waals surface area contributed by atoms with Gasteiger partial charge in [-0.1, -0.05) is 0 Å². The molecule has 1 aliphatic heterocycles. The second-order valence-electron chi connectivity index (χ2n) is 4.19. The van der Waals surface area contributed by atoms with E-state index in [0.717, 1.165) is 19.0 Å². The molecule has 1 N–H and O–H groups in total. The molecule has 0 unspecified atom stereocenters. The molecule has 1 saturated heterocycles. The van der Waals surface area contributed by atoms with Gasteiger partial charge < -0.3 is 14.9 Å². The highest BCUT2D eigenvalue weighted by molar-refractivity contribution is 7.99. The van der Waals surface area contributed by atoms with Crippen molar-refractivity contribution in [2.75, 3.05) is 49.2 Å². The molecule has 1 fully saturated rings. The number of amides is 1. The molecule has 1 aromatic heterocycles. The zero-order chi connectivity index (χ0) is 13.5. The van der Waals surface area contributed by atoms with Crippen LogP contribution in [0.25, 0.3) is 0 Å². The number of aliphatic hydroxyl groups is 1. The largest absolute Gasteiger partial charge is 0.396 e. The summed E-state index contributed by atoms with van der Waals surface area (Å²) in [5, 5.41) is 8.68. The lowest BCUT2D eigenvalue weighted by Crippen LogP contribution is -2.49. The third-order valence-electron chi connectivity index (χ3n) is 2.93. The number of carbonyl (C=O) groups excluding carboxylic acids is 1. The van der Waals surface area contributed by atoms with Crippen LogP contribution in [0, 0.1) is 0 Å². The third kappa shape index (κ3) is 4.07. The summed E-state index contributed by atoms with van der Waals surface area (Å²) >= 11 is 1.47. The summed E-state index contributed by atoms with van der Waals surface area (Å²) in [5.74, 6) is 1.93. The quantitative estimate of drug-likeness (QED) is 0.758. The lowest BCUT2D eigenvalue weighted by atomic mass is 10.3. The van der Waals surface area contributed by atoms with Gasteiger partial charge in [-0.05, 0) is 6.07 Å².